The van der Waals surface area contributed by atoms with Gasteiger partial charge < -0.3 is 10.1 Å². The number of imide groups is 1. The predicted octanol–water partition coefficient (Wildman–Crippen LogP) is 5.81. The molecule has 8 nitrogen and oxygen atoms in total. The van der Waals surface area contributed by atoms with Gasteiger partial charge in [0.25, 0.3) is 5.91 Å². The van der Waals surface area contributed by atoms with Gasteiger partial charge in [-0.25, -0.2) is 4.79 Å². The summed E-state index contributed by atoms with van der Waals surface area (Å²) in [6.07, 6.45) is -3.28. The fourth-order valence-corrected chi connectivity index (χ4v) is 3.56. The van der Waals surface area contributed by atoms with Crippen LogP contribution in [0.25, 0.3) is 6.08 Å². The summed E-state index contributed by atoms with van der Waals surface area (Å²) in [5.41, 5.74) is 0.398. The number of nitrogens with zero attached hydrogens (tertiary/aromatic N) is 2. The molecule has 0 aliphatic carbocycles. The molecule has 1 fully saturated rings. The molecule has 0 unspecified atom stereocenters. The van der Waals surface area contributed by atoms with E-state index in [0.717, 1.165) is 22.1 Å². The first-order valence-electron chi connectivity index (χ1n) is 10.5. The number of hydrogen-bond donors (Lipinski definition) is 1. The van der Waals surface area contributed by atoms with Crippen LogP contribution < -0.4 is 10.1 Å². The molecule has 184 valence electrons. The number of nitro benzene ring substituents is 1. The van der Waals surface area contributed by atoms with Gasteiger partial charge in [-0.2, -0.15) is 13.2 Å². The van der Waals surface area contributed by atoms with E-state index in [1.807, 2.05) is 31.2 Å². The highest BCUT2D eigenvalue weighted by Gasteiger charge is 2.34. The van der Waals surface area contributed by atoms with E-state index in [1.54, 1.807) is 0 Å². The number of nitrogens with one attached hydrogen (secondary N) is 1. The van der Waals surface area contributed by atoms with Gasteiger partial charge in [0.15, 0.2) is 0 Å². The third-order valence-corrected chi connectivity index (χ3v) is 5.29. The zero-order valence-corrected chi connectivity index (χ0v) is 18.7. The highest BCUT2D eigenvalue weighted by atomic mass is 19.4. The average Bonchev–Trinajstić information content (AvgIpc) is 3.07. The van der Waals surface area contributed by atoms with Crippen molar-refractivity contribution in [2.45, 2.75) is 19.6 Å². The van der Waals surface area contributed by atoms with Crippen LogP contribution in [0.2, 0.25) is 0 Å². The first-order chi connectivity index (χ1) is 17.0. The van der Waals surface area contributed by atoms with Crippen molar-refractivity contribution in [1.82, 2.24) is 10.2 Å². The molecule has 0 bridgehead atoms. The van der Waals surface area contributed by atoms with Crippen LogP contribution in [-0.2, 0) is 17.5 Å². The van der Waals surface area contributed by atoms with Gasteiger partial charge in [0.05, 0.1) is 17.0 Å². The quantitative estimate of drug-likeness (QED) is 0.201. The van der Waals surface area contributed by atoms with E-state index >= 15 is 0 Å². The van der Waals surface area contributed by atoms with Crippen molar-refractivity contribution >= 4 is 23.7 Å². The number of urea groups is 1. The van der Waals surface area contributed by atoms with Gasteiger partial charge in [-0.1, -0.05) is 42.0 Å². The number of halogens is 3. The van der Waals surface area contributed by atoms with Crippen molar-refractivity contribution in [3.05, 3.63) is 105 Å². The summed E-state index contributed by atoms with van der Waals surface area (Å²) in [6, 6.07) is 14.8. The largest absolute Gasteiger partial charge is 0.450 e. The molecule has 1 heterocycles. The molecule has 3 amide bonds. The lowest BCUT2D eigenvalue weighted by Gasteiger charge is -2.12. The molecular weight excluding hydrogens is 479 g/mol. The summed E-state index contributed by atoms with van der Waals surface area (Å²) >= 11 is 0. The second-order valence-corrected chi connectivity index (χ2v) is 7.98. The minimum atomic E-state index is -4.73. The van der Waals surface area contributed by atoms with E-state index in [9.17, 15) is 32.9 Å². The number of carbonyl (C=O) groups excluding carboxylic acids is 2. The Morgan fingerprint density at radius 2 is 1.78 bits per heavy atom. The summed E-state index contributed by atoms with van der Waals surface area (Å²) in [6.45, 7) is 2.02. The number of alkyl halides is 3. The van der Waals surface area contributed by atoms with Crippen molar-refractivity contribution in [2.24, 2.45) is 0 Å². The van der Waals surface area contributed by atoms with Gasteiger partial charge in [0.1, 0.15) is 11.4 Å². The van der Waals surface area contributed by atoms with Gasteiger partial charge in [-0.15, -0.1) is 0 Å². The lowest BCUT2D eigenvalue weighted by molar-refractivity contribution is -0.385. The van der Waals surface area contributed by atoms with Gasteiger partial charge >= 0.3 is 17.9 Å². The summed E-state index contributed by atoms with van der Waals surface area (Å²) in [4.78, 5) is 36.4. The Morgan fingerprint density at radius 3 is 2.42 bits per heavy atom. The highest BCUT2D eigenvalue weighted by molar-refractivity contribution is 6.13. The van der Waals surface area contributed by atoms with Crippen LogP contribution in [0.1, 0.15) is 22.3 Å². The van der Waals surface area contributed by atoms with Crippen molar-refractivity contribution in [3.8, 4) is 11.5 Å². The topological polar surface area (TPSA) is 102 Å². The van der Waals surface area contributed by atoms with E-state index < -0.39 is 34.3 Å². The first kappa shape index (κ1) is 24.5. The minimum Gasteiger partial charge on any atom is -0.450 e. The molecule has 0 aromatic heterocycles. The molecule has 3 aromatic rings. The molecule has 0 radical (unpaired) electrons. The Balaban J connectivity index is 1.49. The summed E-state index contributed by atoms with van der Waals surface area (Å²) < 4.78 is 44.1. The Bertz CT molecular complexity index is 1380. The summed E-state index contributed by atoms with van der Waals surface area (Å²) in [7, 11) is 0. The van der Waals surface area contributed by atoms with E-state index in [0.29, 0.717) is 17.7 Å². The molecule has 0 atom stereocenters. The third-order valence-electron chi connectivity index (χ3n) is 5.29. The van der Waals surface area contributed by atoms with E-state index in [4.69, 9.17) is 4.74 Å². The average molecular weight is 497 g/mol. The normalized spacial score (nSPS) is 14.8. The molecule has 36 heavy (non-hydrogen) atoms. The Labute approximate surface area is 202 Å². The predicted molar refractivity (Wildman–Crippen MR) is 123 cm³/mol. The first-order valence-corrected chi connectivity index (χ1v) is 10.5. The molecule has 0 saturated carbocycles. The number of hydrogen-bond acceptors (Lipinski definition) is 5. The summed E-state index contributed by atoms with van der Waals surface area (Å²) in [5, 5.41) is 13.8. The van der Waals surface area contributed by atoms with Crippen molar-refractivity contribution in [2.75, 3.05) is 0 Å². The third kappa shape index (κ3) is 5.35. The van der Waals surface area contributed by atoms with Crippen molar-refractivity contribution in [1.29, 1.82) is 0 Å². The second-order valence-electron chi connectivity index (χ2n) is 7.98. The van der Waals surface area contributed by atoms with Gasteiger partial charge in [-0.3, -0.25) is 19.8 Å². The fourth-order valence-electron chi connectivity index (χ4n) is 3.56. The van der Waals surface area contributed by atoms with E-state index in [2.05, 4.69) is 5.32 Å². The Morgan fingerprint density at radius 1 is 1.06 bits per heavy atom. The molecule has 4 rings (SSSR count). The van der Waals surface area contributed by atoms with E-state index in [1.165, 1.54) is 30.3 Å². The van der Waals surface area contributed by atoms with Gasteiger partial charge in [0, 0.05) is 6.07 Å². The molecule has 1 N–H and O–H groups in total. The van der Waals surface area contributed by atoms with E-state index in [-0.39, 0.29) is 23.7 Å². The number of ether oxygens (including phenoxy) is 1. The van der Waals surface area contributed by atoms with Crippen LogP contribution in [0, 0.1) is 17.0 Å². The number of amides is 3. The lowest BCUT2D eigenvalue weighted by atomic mass is 10.1. The zero-order valence-electron chi connectivity index (χ0n) is 18.7. The number of nitro groups is 1. The standard InChI is InChI=1S/C25H18F3N3O5/c1-15-3-2-4-17(11-15)14-30-23(32)20(29-24(30)33)12-16-5-8-19(9-6-16)36-22-10-7-18(25(26,27)28)13-21(22)31(34)35/h2-13H,14H2,1H3,(H,29,33)/b20-12+. The molecule has 0 spiro atoms. The Hall–Kier alpha value is -4.67. The summed E-state index contributed by atoms with van der Waals surface area (Å²) in [5.74, 6) is -0.728. The molecule has 11 heteroatoms. The molecule has 1 aliphatic rings. The van der Waals surface area contributed by atoms with Crippen LogP contribution >= 0.6 is 0 Å². The number of aryl methyl sites for hydroxylation is 1. The van der Waals surface area contributed by atoms with Gasteiger partial charge in [-0.05, 0) is 48.4 Å². The maximum absolute atomic E-state index is 12.9. The molecule has 1 saturated heterocycles. The fraction of sp³-hybridized carbons (Fsp3) is 0.120. The van der Waals surface area contributed by atoms with Crippen LogP contribution in [0.4, 0.5) is 23.7 Å². The van der Waals surface area contributed by atoms with Crippen molar-refractivity contribution in [3.63, 3.8) is 0 Å². The maximum Gasteiger partial charge on any atom is 0.416 e. The lowest BCUT2D eigenvalue weighted by Crippen LogP contribution is -2.30. The minimum absolute atomic E-state index is 0.0692. The molecule has 3 aromatic carbocycles. The monoisotopic (exact) mass is 497 g/mol. The van der Waals surface area contributed by atoms with Crippen molar-refractivity contribution < 1.29 is 32.4 Å². The highest BCUT2D eigenvalue weighted by Crippen LogP contribution is 2.37. The van der Waals surface area contributed by atoms with Gasteiger partial charge in [0.2, 0.25) is 5.75 Å². The molecular formula is C25H18F3N3O5. The molecule has 1 aliphatic heterocycles. The van der Waals surface area contributed by atoms with Crippen LogP contribution in [0.3, 0.4) is 0 Å². The number of carbonyl (C=O) groups is 2. The van der Waals surface area contributed by atoms with Crippen LogP contribution in [0.15, 0.2) is 72.4 Å². The number of benzene rings is 3. The zero-order chi connectivity index (χ0) is 26.0. The van der Waals surface area contributed by atoms with Crippen LogP contribution in [-0.4, -0.2) is 21.8 Å². The van der Waals surface area contributed by atoms with Crippen LogP contribution in [0.5, 0.6) is 11.5 Å². The Kier molecular flexibility index (Phi) is 6.47. The second kappa shape index (κ2) is 9.53. The smallest absolute Gasteiger partial charge is 0.416 e. The SMILES string of the molecule is Cc1cccc(CN2C(=O)N/C(=C/c3ccc(Oc4ccc(C(F)(F)F)cc4[N+](=O)[O-])cc3)C2=O)c1. The maximum atomic E-state index is 12.9. The number of rotatable bonds is 6.